The van der Waals surface area contributed by atoms with Crippen LogP contribution in [-0.4, -0.2) is 24.5 Å². The summed E-state index contributed by atoms with van der Waals surface area (Å²) in [6, 6.07) is 0. The van der Waals surface area contributed by atoms with Crippen molar-refractivity contribution in [3.05, 3.63) is 0 Å². The number of carbonyl (C=O) groups is 1. The molecule has 4 heteroatoms. The molecule has 0 aromatic rings. The number of carbonyl (C=O) groups excluding carboxylic acids is 1. The molecule has 0 bridgehead atoms. The van der Waals surface area contributed by atoms with Gasteiger partial charge in [-0.15, -0.1) is 0 Å². The van der Waals surface area contributed by atoms with Crippen LogP contribution in [0.3, 0.4) is 0 Å². The summed E-state index contributed by atoms with van der Waals surface area (Å²) in [5, 5.41) is 0. The van der Waals surface area contributed by atoms with Gasteiger partial charge in [0.2, 0.25) is 6.29 Å². The van der Waals surface area contributed by atoms with E-state index in [1.807, 2.05) is 20.8 Å². The maximum atomic E-state index is 13.8. The lowest BCUT2D eigenvalue weighted by Gasteiger charge is -2.40. The number of ether oxygens (including phenoxy) is 2. The van der Waals surface area contributed by atoms with Crippen molar-refractivity contribution < 1.29 is 18.7 Å². The molecule has 5 unspecified atom stereocenters. The third-order valence-corrected chi connectivity index (χ3v) is 3.17. The van der Waals surface area contributed by atoms with Crippen LogP contribution < -0.4 is 0 Å². The third-order valence-electron chi connectivity index (χ3n) is 3.17. The first-order valence-electron chi connectivity index (χ1n) is 5.44. The summed E-state index contributed by atoms with van der Waals surface area (Å²) in [6.45, 7) is 7.05. The van der Waals surface area contributed by atoms with E-state index in [2.05, 4.69) is 0 Å². The largest absolute Gasteiger partial charge is 0.433 e. The van der Waals surface area contributed by atoms with Gasteiger partial charge in [0.25, 0.3) is 0 Å². The summed E-state index contributed by atoms with van der Waals surface area (Å²) in [7, 11) is 0. The van der Waals surface area contributed by atoms with Gasteiger partial charge in [-0.05, 0) is 18.3 Å². The highest BCUT2D eigenvalue weighted by Crippen LogP contribution is 2.34. The predicted octanol–water partition coefficient (Wildman–Crippen LogP) is 2.29. The minimum absolute atomic E-state index is 0.0312. The molecule has 1 rings (SSSR count). The standard InChI is InChI=1S/C11H19FO3/c1-5-9-6(2)7(3)10(12)11(15-9)14-8(4)13/h6-7,9-11H,5H2,1-4H3/i12-1. The fourth-order valence-corrected chi connectivity index (χ4v) is 1.97. The van der Waals surface area contributed by atoms with Crippen molar-refractivity contribution in [3.8, 4) is 0 Å². The normalized spacial score (nSPS) is 41.3. The van der Waals surface area contributed by atoms with Crippen molar-refractivity contribution in [2.75, 3.05) is 0 Å². The Morgan fingerprint density at radius 3 is 2.47 bits per heavy atom. The zero-order chi connectivity index (χ0) is 11.6. The first-order chi connectivity index (χ1) is 6.97. The van der Waals surface area contributed by atoms with Crippen LogP contribution in [0.1, 0.15) is 34.1 Å². The Bertz CT molecular complexity index is 230. The van der Waals surface area contributed by atoms with Crippen LogP contribution in [0.2, 0.25) is 0 Å². The SMILES string of the molecule is CCC1OC(OC(C)=O)C([18F])C(C)C1C. The third kappa shape index (κ3) is 2.68. The lowest BCUT2D eigenvalue weighted by molar-refractivity contribution is -0.246. The molecule has 1 aliphatic rings. The van der Waals surface area contributed by atoms with E-state index >= 15 is 0 Å². The van der Waals surface area contributed by atoms with Crippen LogP contribution in [0, 0.1) is 11.8 Å². The molecule has 3 nitrogen and oxygen atoms in total. The quantitative estimate of drug-likeness (QED) is 0.666. The first-order valence-corrected chi connectivity index (χ1v) is 5.44. The van der Waals surface area contributed by atoms with Gasteiger partial charge in [-0.2, -0.15) is 0 Å². The molecule has 5 atom stereocenters. The van der Waals surface area contributed by atoms with E-state index in [0.717, 1.165) is 6.42 Å². The van der Waals surface area contributed by atoms with E-state index in [4.69, 9.17) is 9.47 Å². The van der Waals surface area contributed by atoms with Crippen molar-refractivity contribution >= 4 is 5.97 Å². The highest BCUT2D eigenvalue weighted by molar-refractivity contribution is 5.66. The lowest BCUT2D eigenvalue weighted by Crippen LogP contribution is -2.48. The van der Waals surface area contributed by atoms with Gasteiger partial charge in [0.15, 0.2) is 6.17 Å². The second-order valence-corrected chi connectivity index (χ2v) is 4.22. The van der Waals surface area contributed by atoms with Gasteiger partial charge in [0.1, 0.15) is 0 Å². The van der Waals surface area contributed by atoms with E-state index in [1.165, 1.54) is 6.92 Å². The minimum atomic E-state index is -1.23. The smallest absolute Gasteiger partial charge is 0.305 e. The second kappa shape index (κ2) is 4.92. The fourth-order valence-electron chi connectivity index (χ4n) is 1.97. The number of hydrogen-bond acceptors (Lipinski definition) is 3. The average Bonchev–Trinajstić information content (AvgIpc) is 2.18. The number of hydrogen-bond donors (Lipinski definition) is 0. The van der Waals surface area contributed by atoms with Crippen LogP contribution in [0.25, 0.3) is 0 Å². The van der Waals surface area contributed by atoms with Crippen molar-refractivity contribution in [3.63, 3.8) is 0 Å². The van der Waals surface area contributed by atoms with E-state index in [-0.39, 0.29) is 17.9 Å². The Balaban J connectivity index is 2.69. The first kappa shape index (κ1) is 12.4. The molecule has 15 heavy (non-hydrogen) atoms. The lowest BCUT2D eigenvalue weighted by atomic mass is 9.83. The highest BCUT2D eigenvalue weighted by Gasteiger charge is 2.42. The van der Waals surface area contributed by atoms with Gasteiger partial charge < -0.3 is 9.47 Å². The van der Waals surface area contributed by atoms with Crippen LogP contribution in [0.4, 0.5) is 4.39 Å². The summed E-state index contributed by atoms with van der Waals surface area (Å²) in [5.41, 5.74) is 0. The maximum Gasteiger partial charge on any atom is 0.305 e. The summed E-state index contributed by atoms with van der Waals surface area (Å²) in [5.74, 6) is -0.496. The number of alkyl halides is 1. The van der Waals surface area contributed by atoms with E-state index in [1.54, 1.807) is 0 Å². The summed E-state index contributed by atoms with van der Waals surface area (Å²) >= 11 is 0. The molecule has 1 saturated heterocycles. The average molecular weight is 217 g/mol. The van der Waals surface area contributed by atoms with Gasteiger partial charge in [-0.25, -0.2) is 4.39 Å². The van der Waals surface area contributed by atoms with Gasteiger partial charge in [-0.3, -0.25) is 4.79 Å². The van der Waals surface area contributed by atoms with Crippen molar-refractivity contribution in [1.29, 1.82) is 0 Å². The van der Waals surface area contributed by atoms with Crippen molar-refractivity contribution in [2.24, 2.45) is 11.8 Å². The van der Waals surface area contributed by atoms with Crippen molar-refractivity contribution in [1.82, 2.24) is 0 Å². The molecule has 1 heterocycles. The molecule has 0 spiro atoms. The monoisotopic (exact) mass is 217 g/mol. The van der Waals surface area contributed by atoms with E-state index < -0.39 is 18.4 Å². The number of rotatable bonds is 2. The summed E-state index contributed by atoms with van der Waals surface area (Å²) < 4.78 is 24.0. The van der Waals surface area contributed by atoms with Gasteiger partial charge in [0, 0.05) is 6.92 Å². The Kier molecular flexibility index (Phi) is 4.08. The Morgan fingerprint density at radius 2 is 2.00 bits per heavy atom. The van der Waals surface area contributed by atoms with Crippen LogP contribution in [0.5, 0.6) is 0 Å². The molecule has 0 radical (unpaired) electrons. The fraction of sp³-hybridized carbons (Fsp3) is 0.909. The maximum absolute atomic E-state index is 13.8. The molecule has 0 N–H and O–H groups in total. The molecular formula is C11H19FO3. The Morgan fingerprint density at radius 1 is 1.40 bits per heavy atom. The topological polar surface area (TPSA) is 35.5 Å². The molecule has 0 amide bonds. The minimum Gasteiger partial charge on any atom is -0.433 e. The molecular weight excluding hydrogens is 198 g/mol. The zero-order valence-electron chi connectivity index (χ0n) is 9.70. The molecule has 0 aliphatic carbocycles. The molecule has 88 valence electrons. The van der Waals surface area contributed by atoms with Crippen LogP contribution >= 0.6 is 0 Å². The van der Waals surface area contributed by atoms with E-state index in [9.17, 15) is 9.18 Å². The Hall–Kier alpha value is -0.640. The molecule has 0 aromatic heterocycles. The number of halogens is 1. The van der Waals surface area contributed by atoms with Gasteiger partial charge in [-0.1, -0.05) is 20.8 Å². The molecule has 0 saturated carbocycles. The Labute approximate surface area is 89.9 Å². The van der Waals surface area contributed by atoms with E-state index in [0.29, 0.717) is 0 Å². The highest BCUT2D eigenvalue weighted by atomic mass is 18.2. The summed E-state index contributed by atoms with van der Waals surface area (Å²) in [4.78, 5) is 10.8. The van der Waals surface area contributed by atoms with Crippen molar-refractivity contribution in [2.45, 2.75) is 52.7 Å². The molecule has 0 aromatic carbocycles. The molecule has 1 aliphatic heterocycles. The molecule has 1 fully saturated rings. The van der Waals surface area contributed by atoms with Gasteiger partial charge in [0.05, 0.1) is 6.10 Å². The predicted molar refractivity (Wildman–Crippen MR) is 53.9 cm³/mol. The number of esters is 1. The van der Waals surface area contributed by atoms with Crippen LogP contribution in [0.15, 0.2) is 0 Å². The second-order valence-electron chi connectivity index (χ2n) is 4.22. The van der Waals surface area contributed by atoms with Gasteiger partial charge >= 0.3 is 5.97 Å². The summed E-state index contributed by atoms with van der Waals surface area (Å²) in [6.07, 6.45) is -1.49. The van der Waals surface area contributed by atoms with Crippen LogP contribution in [-0.2, 0) is 14.3 Å². The zero-order valence-corrected chi connectivity index (χ0v) is 9.70.